The number of benzene rings is 9. The van der Waals surface area contributed by atoms with Gasteiger partial charge in [0.2, 0.25) is 0 Å². The lowest BCUT2D eigenvalue weighted by molar-refractivity contribution is -0.138. The Hall–Kier alpha value is -6.97. The van der Waals surface area contributed by atoms with Gasteiger partial charge in [0.15, 0.2) is 0 Å². The van der Waals surface area contributed by atoms with Crippen LogP contribution in [0.5, 0.6) is 5.75 Å². The molecule has 1 atom stereocenters. The molecule has 0 radical (unpaired) electrons. The third-order valence-corrected chi connectivity index (χ3v) is 11.3. The predicted octanol–water partition coefficient (Wildman–Crippen LogP) is 12.4. The number of rotatable bonds is 8. The molecule has 10 rings (SSSR count). The summed E-state index contributed by atoms with van der Waals surface area (Å²) in [7, 11) is 0. The zero-order valence-electron chi connectivity index (χ0n) is 30.2. The third-order valence-electron chi connectivity index (χ3n) is 11.3. The molecule has 262 valence electrons. The van der Waals surface area contributed by atoms with E-state index in [0.29, 0.717) is 0 Å². The summed E-state index contributed by atoms with van der Waals surface area (Å²) in [6.07, 6.45) is 1.16. The van der Waals surface area contributed by atoms with Gasteiger partial charge < -0.3 is 9.47 Å². The van der Waals surface area contributed by atoms with E-state index in [1.807, 2.05) is 6.07 Å². The van der Waals surface area contributed by atoms with Gasteiger partial charge in [-0.2, -0.15) is 0 Å². The van der Waals surface area contributed by atoms with E-state index in [-0.39, 0.29) is 13.2 Å². The largest absolute Gasteiger partial charge is 0.490 e. The SMILES string of the molecule is C=CC(=O)OCCOc1ccc2cc(C3(c4ccc5ccccc5c4)c4cc(-c5ccc6ccccc6c5)ccc4-c4cc5ccccc5cc43)ccc2c1. The number of hydrogen-bond acceptors (Lipinski definition) is 3. The highest BCUT2D eigenvalue weighted by Gasteiger charge is 2.46. The van der Waals surface area contributed by atoms with Crippen molar-refractivity contribution in [2.24, 2.45) is 0 Å². The van der Waals surface area contributed by atoms with Crippen LogP contribution in [0.1, 0.15) is 22.3 Å². The van der Waals surface area contributed by atoms with Crippen molar-refractivity contribution in [2.75, 3.05) is 13.2 Å². The van der Waals surface area contributed by atoms with Crippen LogP contribution in [0.25, 0.3) is 65.3 Å². The summed E-state index contributed by atoms with van der Waals surface area (Å²) in [5.74, 6) is 0.268. The summed E-state index contributed by atoms with van der Waals surface area (Å²) >= 11 is 0. The van der Waals surface area contributed by atoms with Crippen LogP contribution in [0.4, 0.5) is 0 Å². The van der Waals surface area contributed by atoms with Crippen LogP contribution in [-0.2, 0) is 14.9 Å². The molecule has 3 nitrogen and oxygen atoms in total. The van der Waals surface area contributed by atoms with Gasteiger partial charge in [0.25, 0.3) is 0 Å². The zero-order valence-corrected chi connectivity index (χ0v) is 30.2. The Bertz CT molecular complexity index is 2990. The van der Waals surface area contributed by atoms with Crippen molar-refractivity contribution in [3.8, 4) is 28.0 Å². The monoisotopic (exact) mass is 708 g/mol. The zero-order chi connectivity index (χ0) is 36.9. The summed E-state index contributed by atoms with van der Waals surface area (Å²) in [5.41, 5.74) is 9.25. The lowest BCUT2D eigenvalue weighted by atomic mass is 9.66. The first kappa shape index (κ1) is 32.7. The molecule has 0 heterocycles. The number of esters is 1. The fraction of sp³-hybridized carbons (Fsp3) is 0.0577. The van der Waals surface area contributed by atoms with E-state index in [1.165, 1.54) is 76.8 Å². The van der Waals surface area contributed by atoms with Crippen molar-refractivity contribution in [3.63, 3.8) is 0 Å². The molecule has 0 saturated carbocycles. The minimum absolute atomic E-state index is 0.158. The first-order chi connectivity index (χ1) is 27.1. The summed E-state index contributed by atoms with van der Waals surface area (Å²) in [6, 6.07) is 64.6. The average molecular weight is 709 g/mol. The van der Waals surface area contributed by atoms with E-state index < -0.39 is 11.4 Å². The van der Waals surface area contributed by atoms with Gasteiger partial charge in [-0.05, 0) is 136 Å². The van der Waals surface area contributed by atoms with Crippen molar-refractivity contribution in [1.82, 2.24) is 0 Å². The first-order valence-corrected chi connectivity index (χ1v) is 18.7. The van der Waals surface area contributed by atoms with E-state index in [2.05, 4.69) is 176 Å². The van der Waals surface area contributed by atoms with Gasteiger partial charge in [-0.3, -0.25) is 0 Å². The van der Waals surface area contributed by atoms with E-state index >= 15 is 0 Å². The Morgan fingerprint density at radius 1 is 0.473 bits per heavy atom. The molecule has 1 aliphatic rings. The van der Waals surface area contributed by atoms with Gasteiger partial charge in [0.1, 0.15) is 19.0 Å². The summed E-state index contributed by atoms with van der Waals surface area (Å²) < 4.78 is 11.1. The minimum Gasteiger partial charge on any atom is -0.490 e. The second-order valence-electron chi connectivity index (χ2n) is 14.3. The van der Waals surface area contributed by atoms with Crippen LogP contribution < -0.4 is 4.74 Å². The highest BCUT2D eigenvalue weighted by Crippen LogP contribution is 2.58. The number of ether oxygens (including phenoxy) is 2. The highest BCUT2D eigenvalue weighted by molar-refractivity contribution is 5.98. The number of carbonyl (C=O) groups excluding carboxylic acids is 1. The average Bonchev–Trinajstić information content (AvgIpc) is 3.52. The molecule has 0 amide bonds. The van der Waals surface area contributed by atoms with Gasteiger partial charge in [-0.15, -0.1) is 0 Å². The Balaban J connectivity index is 1.21. The number of hydrogen-bond donors (Lipinski definition) is 0. The van der Waals surface area contributed by atoms with Gasteiger partial charge in [-0.1, -0.05) is 134 Å². The van der Waals surface area contributed by atoms with Crippen LogP contribution in [-0.4, -0.2) is 19.2 Å². The van der Waals surface area contributed by atoms with Crippen molar-refractivity contribution in [1.29, 1.82) is 0 Å². The molecule has 0 N–H and O–H groups in total. The molecule has 1 aliphatic carbocycles. The molecule has 9 aromatic carbocycles. The molecule has 0 saturated heterocycles. The Labute approximate surface area is 319 Å². The molecule has 55 heavy (non-hydrogen) atoms. The highest BCUT2D eigenvalue weighted by atomic mass is 16.6. The predicted molar refractivity (Wildman–Crippen MR) is 226 cm³/mol. The minimum atomic E-state index is -0.621. The van der Waals surface area contributed by atoms with Gasteiger partial charge >= 0.3 is 5.97 Å². The van der Waals surface area contributed by atoms with E-state index in [0.717, 1.165) is 22.6 Å². The Morgan fingerprint density at radius 3 is 1.69 bits per heavy atom. The molecule has 9 aromatic rings. The van der Waals surface area contributed by atoms with Gasteiger partial charge in [-0.25, -0.2) is 4.79 Å². The molecular weight excluding hydrogens is 673 g/mol. The fourth-order valence-electron chi connectivity index (χ4n) is 8.68. The van der Waals surface area contributed by atoms with Crippen LogP contribution in [0.3, 0.4) is 0 Å². The maximum atomic E-state index is 11.5. The normalized spacial score (nSPS) is 14.5. The second-order valence-corrected chi connectivity index (χ2v) is 14.3. The summed E-state index contributed by atoms with van der Waals surface area (Å²) in [4.78, 5) is 11.5. The lowest BCUT2D eigenvalue weighted by Gasteiger charge is -2.35. The van der Waals surface area contributed by atoms with Crippen LogP contribution in [0, 0.1) is 0 Å². The molecular formula is C52H36O3. The topological polar surface area (TPSA) is 35.5 Å². The second kappa shape index (κ2) is 13.2. The maximum Gasteiger partial charge on any atom is 0.330 e. The first-order valence-electron chi connectivity index (χ1n) is 18.7. The van der Waals surface area contributed by atoms with E-state index in [9.17, 15) is 4.79 Å². The fourth-order valence-corrected chi connectivity index (χ4v) is 8.68. The van der Waals surface area contributed by atoms with Gasteiger partial charge in [0.05, 0.1) is 5.41 Å². The Morgan fingerprint density at radius 2 is 0.982 bits per heavy atom. The molecule has 1 unspecified atom stereocenters. The molecule has 0 fully saturated rings. The standard InChI is InChI=1S/C52H36O3/c1-2-51(53)55-26-25-54-46-23-19-41-29-45(22-18-42(41)30-46)52(44-21-17-35-10-4-6-12-37(35)28-44)49-33-43(40-16-15-34-9-3-5-11-36(34)27-40)20-24-47(49)48-31-38-13-7-8-14-39(38)32-50(48)52/h2-24,27-33H,1,25-26H2. The third kappa shape index (κ3) is 5.47. The van der Waals surface area contributed by atoms with Crippen LogP contribution >= 0.6 is 0 Å². The molecule has 0 aromatic heterocycles. The Kier molecular flexibility index (Phi) is 7.81. The van der Waals surface area contributed by atoms with Gasteiger partial charge in [0, 0.05) is 6.08 Å². The van der Waals surface area contributed by atoms with Crippen molar-refractivity contribution in [2.45, 2.75) is 5.41 Å². The molecule has 0 bridgehead atoms. The van der Waals surface area contributed by atoms with Crippen molar-refractivity contribution < 1.29 is 14.3 Å². The van der Waals surface area contributed by atoms with Crippen molar-refractivity contribution >= 4 is 49.1 Å². The van der Waals surface area contributed by atoms with E-state index in [4.69, 9.17) is 9.47 Å². The summed E-state index contributed by atoms with van der Waals surface area (Å²) in [5, 5.41) is 9.52. The lowest BCUT2D eigenvalue weighted by Crippen LogP contribution is -2.28. The molecule has 0 spiro atoms. The van der Waals surface area contributed by atoms with Crippen LogP contribution in [0.2, 0.25) is 0 Å². The molecule has 3 heteroatoms. The number of carbonyl (C=O) groups is 1. The van der Waals surface area contributed by atoms with E-state index in [1.54, 1.807) is 0 Å². The van der Waals surface area contributed by atoms with Crippen LogP contribution in [0.15, 0.2) is 189 Å². The quantitative estimate of drug-likeness (QED) is 0.0895. The maximum absolute atomic E-state index is 11.5. The number of fused-ring (bicyclic) bond motifs is 7. The summed E-state index contributed by atoms with van der Waals surface area (Å²) in [6.45, 7) is 3.87. The molecule has 0 aliphatic heterocycles. The van der Waals surface area contributed by atoms with Crippen molar-refractivity contribution in [3.05, 3.63) is 211 Å². The smallest absolute Gasteiger partial charge is 0.330 e.